The number of hydrogen-bond acceptors (Lipinski definition) is 4. The van der Waals surface area contributed by atoms with Crippen LogP contribution in [0, 0.1) is 11.3 Å². The third kappa shape index (κ3) is 3.68. The van der Waals surface area contributed by atoms with E-state index in [9.17, 15) is 4.79 Å². The molecule has 0 saturated heterocycles. The molecule has 0 aliphatic carbocycles. The minimum Gasteiger partial charge on any atom is -0.493 e. The molecule has 0 spiro atoms. The average Bonchev–Trinajstić information content (AvgIpc) is 2.38. The second-order valence-corrected chi connectivity index (χ2v) is 3.31. The van der Waals surface area contributed by atoms with Crippen LogP contribution in [0.2, 0.25) is 0 Å². The molecule has 1 aromatic carbocycles. The van der Waals surface area contributed by atoms with Crippen molar-refractivity contribution in [2.75, 3.05) is 20.8 Å². The number of carbonyl (C=O) groups is 1. The number of nitrogens with one attached hydrogen (secondary N) is 1. The average molecular weight is 234 g/mol. The van der Waals surface area contributed by atoms with Gasteiger partial charge in [0.15, 0.2) is 17.6 Å². The van der Waals surface area contributed by atoms with Gasteiger partial charge in [0.05, 0.1) is 14.2 Å². The predicted octanol–water partition coefficient (Wildman–Crippen LogP) is 0.886. The lowest BCUT2D eigenvalue weighted by Crippen LogP contribution is -2.23. The molecule has 90 valence electrons. The van der Waals surface area contributed by atoms with E-state index in [2.05, 4.69) is 5.32 Å². The topological polar surface area (TPSA) is 71.3 Å². The highest BCUT2D eigenvalue weighted by Crippen LogP contribution is 2.27. The number of nitriles is 1. The summed E-state index contributed by atoms with van der Waals surface area (Å²) in [5, 5.41) is 10.8. The number of carbonyl (C=O) groups excluding carboxylic acids is 1. The summed E-state index contributed by atoms with van der Waals surface area (Å²) in [7, 11) is 3.14. The van der Waals surface area contributed by atoms with Crippen LogP contribution in [-0.2, 0) is 11.2 Å². The first kappa shape index (κ1) is 12.8. The van der Waals surface area contributed by atoms with Crippen molar-refractivity contribution in [3.8, 4) is 17.6 Å². The largest absolute Gasteiger partial charge is 0.493 e. The first-order valence-corrected chi connectivity index (χ1v) is 5.10. The van der Waals surface area contributed by atoms with Crippen LogP contribution in [0.25, 0.3) is 0 Å². The summed E-state index contributed by atoms with van der Waals surface area (Å²) >= 11 is 0. The number of ether oxygens (including phenoxy) is 2. The van der Waals surface area contributed by atoms with E-state index in [0.717, 1.165) is 5.56 Å². The van der Waals surface area contributed by atoms with Crippen LogP contribution >= 0.6 is 0 Å². The molecule has 0 aliphatic rings. The summed E-state index contributed by atoms with van der Waals surface area (Å²) in [6.07, 6.45) is 0.633. The maximum Gasteiger partial charge on any atom is 0.322 e. The molecule has 1 amide bonds. The molecule has 0 saturated carbocycles. The van der Waals surface area contributed by atoms with Crippen LogP contribution in [-0.4, -0.2) is 26.7 Å². The second kappa shape index (κ2) is 6.38. The normalized spacial score (nSPS) is 9.24. The summed E-state index contributed by atoms with van der Waals surface area (Å²) < 4.78 is 10.3. The van der Waals surface area contributed by atoms with Gasteiger partial charge in [-0.2, -0.15) is 5.26 Å². The molecule has 5 heteroatoms. The van der Waals surface area contributed by atoms with Gasteiger partial charge in [-0.15, -0.1) is 0 Å². The SMILES string of the molecule is COc1ccc(CCNC(=O)C#N)cc1OC. The van der Waals surface area contributed by atoms with E-state index in [1.54, 1.807) is 20.3 Å². The number of nitrogens with zero attached hydrogens (tertiary/aromatic N) is 1. The van der Waals surface area contributed by atoms with E-state index in [0.29, 0.717) is 24.5 Å². The van der Waals surface area contributed by atoms with Gasteiger partial charge in [0.25, 0.3) is 0 Å². The van der Waals surface area contributed by atoms with E-state index in [4.69, 9.17) is 14.7 Å². The summed E-state index contributed by atoms with van der Waals surface area (Å²) in [6, 6.07) is 7.04. The Balaban J connectivity index is 2.61. The molecule has 0 bridgehead atoms. The standard InChI is InChI=1S/C12H14N2O3/c1-16-10-4-3-9(7-11(10)17-2)5-6-14-12(15)8-13/h3-4,7H,5-6H2,1-2H3,(H,14,15). The van der Waals surface area contributed by atoms with Crippen molar-refractivity contribution in [2.45, 2.75) is 6.42 Å². The summed E-state index contributed by atoms with van der Waals surface area (Å²) in [5.41, 5.74) is 1.00. The van der Waals surface area contributed by atoms with E-state index in [1.165, 1.54) is 6.07 Å². The summed E-state index contributed by atoms with van der Waals surface area (Å²) in [6.45, 7) is 0.419. The van der Waals surface area contributed by atoms with Crippen molar-refractivity contribution >= 4 is 5.91 Å². The zero-order chi connectivity index (χ0) is 12.7. The summed E-state index contributed by atoms with van der Waals surface area (Å²) in [4.78, 5) is 10.7. The Hall–Kier alpha value is -2.22. The second-order valence-electron chi connectivity index (χ2n) is 3.31. The van der Waals surface area contributed by atoms with Crippen molar-refractivity contribution < 1.29 is 14.3 Å². The number of hydrogen-bond donors (Lipinski definition) is 1. The quantitative estimate of drug-likeness (QED) is 0.768. The highest BCUT2D eigenvalue weighted by Gasteiger charge is 2.04. The van der Waals surface area contributed by atoms with Gasteiger partial charge in [-0.3, -0.25) is 4.79 Å². The molecule has 0 aromatic heterocycles. The fourth-order valence-electron chi connectivity index (χ4n) is 1.40. The maximum absolute atomic E-state index is 10.7. The number of amides is 1. The Labute approximate surface area is 100.0 Å². The molecule has 1 rings (SSSR count). The van der Waals surface area contributed by atoms with Crippen LogP contribution in [0.5, 0.6) is 11.5 Å². The van der Waals surface area contributed by atoms with Crippen molar-refractivity contribution in [1.82, 2.24) is 5.32 Å². The Bertz CT molecular complexity index is 438. The molecule has 0 atom stereocenters. The van der Waals surface area contributed by atoms with Crippen molar-refractivity contribution in [3.63, 3.8) is 0 Å². The van der Waals surface area contributed by atoms with E-state index in [-0.39, 0.29) is 0 Å². The van der Waals surface area contributed by atoms with Gasteiger partial charge in [-0.1, -0.05) is 6.07 Å². The van der Waals surface area contributed by atoms with Crippen LogP contribution in [0.15, 0.2) is 18.2 Å². The lowest BCUT2D eigenvalue weighted by molar-refractivity contribution is -0.115. The number of benzene rings is 1. The van der Waals surface area contributed by atoms with Gasteiger partial charge < -0.3 is 14.8 Å². The first-order valence-electron chi connectivity index (χ1n) is 5.10. The lowest BCUT2D eigenvalue weighted by Gasteiger charge is -2.09. The smallest absolute Gasteiger partial charge is 0.322 e. The highest BCUT2D eigenvalue weighted by molar-refractivity contribution is 5.91. The number of methoxy groups -OCH3 is 2. The molecule has 1 aromatic rings. The molecule has 0 unspecified atom stereocenters. The zero-order valence-corrected chi connectivity index (χ0v) is 9.82. The van der Waals surface area contributed by atoms with Gasteiger partial charge in [0.1, 0.15) is 0 Å². The molecule has 5 nitrogen and oxygen atoms in total. The minimum atomic E-state index is -0.620. The van der Waals surface area contributed by atoms with Gasteiger partial charge in [-0.05, 0) is 24.1 Å². The Kier molecular flexibility index (Phi) is 4.82. The molecular weight excluding hydrogens is 220 g/mol. The maximum atomic E-state index is 10.7. The minimum absolute atomic E-state index is 0.419. The van der Waals surface area contributed by atoms with Crippen LogP contribution in [0.3, 0.4) is 0 Å². The van der Waals surface area contributed by atoms with Gasteiger partial charge >= 0.3 is 5.91 Å². The van der Waals surface area contributed by atoms with Crippen molar-refractivity contribution in [1.29, 1.82) is 5.26 Å². The molecule has 0 heterocycles. The monoisotopic (exact) mass is 234 g/mol. The first-order chi connectivity index (χ1) is 8.21. The molecule has 17 heavy (non-hydrogen) atoms. The van der Waals surface area contributed by atoms with Crippen LogP contribution in [0.1, 0.15) is 5.56 Å². The Morgan fingerprint density at radius 2 is 2.06 bits per heavy atom. The van der Waals surface area contributed by atoms with Gasteiger partial charge in [0.2, 0.25) is 0 Å². The molecule has 0 radical (unpaired) electrons. The Morgan fingerprint density at radius 3 is 2.65 bits per heavy atom. The van der Waals surface area contributed by atoms with E-state index < -0.39 is 5.91 Å². The fraction of sp³-hybridized carbons (Fsp3) is 0.333. The zero-order valence-electron chi connectivity index (χ0n) is 9.82. The highest BCUT2D eigenvalue weighted by atomic mass is 16.5. The van der Waals surface area contributed by atoms with E-state index >= 15 is 0 Å². The summed E-state index contributed by atoms with van der Waals surface area (Å²) in [5.74, 6) is 0.694. The Morgan fingerprint density at radius 1 is 1.35 bits per heavy atom. The molecule has 0 aliphatic heterocycles. The third-order valence-corrected chi connectivity index (χ3v) is 2.25. The van der Waals surface area contributed by atoms with Crippen molar-refractivity contribution in [2.24, 2.45) is 0 Å². The van der Waals surface area contributed by atoms with E-state index in [1.807, 2.05) is 12.1 Å². The van der Waals surface area contributed by atoms with Crippen LogP contribution in [0.4, 0.5) is 0 Å². The molecular formula is C12H14N2O3. The van der Waals surface area contributed by atoms with Gasteiger partial charge in [-0.25, -0.2) is 0 Å². The molecule has 1 N–H and O–H groups in total. The fourth-order valence-corrected chi connectivity index (χ4v) is 1.40. The lowest BCUT2D eigenvalue weighted by atomic mass is 10.1. The van der Waals surface area contributed by atoms with Crippen LogP contribution < -0.4 is 14.8 Å². The molecule has 0 fully saturated rings. The van der Waals surface area contributed by atoms with Crippen molar-refractivity contribution in [3.05, 3.63) is 23.8 Å². The van der Waals surface area contributed by atoms with Gasteiger partial charge in [0, 0.05) is 6.54 Å². The predicted molar refractivity (Wildman–Crippen MR) is 61.9 cm³/mol. The number of rotatable bonds is 5. The third-order valence-electron chi connectivity index (χ3n) is 2.25.